The number of phenols is 1. The number of nitrogens with zero attached hydrogens (tertiary/aromatic N) is 3. The summed E-state index contributed by atoms with van der Waals surface area (Å²) >= 11 is 0. The van der Waals surface area contributed by atoms with Gasteiger partial charge in [0.05, 0.1) is 47.1 Å². The molecule has 1 fully saturated rings. The zero-order valence-electron chi connectivity index (χ0n) is 39.0. The molecule has 4 aliphatic heterocycles. The fraction of sp³-hybridized carbons (Fsp3) is 0.583. The number of phenolic OH excluding ortho intramolecular Hbond substituents is 1. The third-order valence-corrected chi connectivity index (χ3v) is 13.5. The van der Waals surface area contributed by atoms with Gasteiger partial charge in [-0.05, 0) is 25.8 Å². The van der Waals surface area contributed by atoms with Crippen molar-refractivity contribution in [3.8, 4) is 11.5 Å². The number of hydrogen-bond donors (Lipinski definition) is 4. The molecule has 4 heterocycles. The van der Waals surface area contributed by atoms with Crippen LogP contribution >= 0.6 is 0 Å². The average molecular weight is 889 g/mol. The summed E-state index contributed by atoms with van der Waals surface area (Å²) in [5.74, 6) is -7.96. The number of Topliss-reactive ketones (excluding diaryl/α,β-unsaturated/α-hetero) is 2. The molecule has 1 spiro atoms. The van der Waals surface area contributed by atoms with Crippen LogP contribution in [0.2, 0.25) is 0 Å². The third-order valence-electron chi connectivity index (χ3n) is 13.5. The minimum absolute atomic E-state index is 0.0129. The van der Waals surface area contributed by atoms with Crippen LogP contribution in [0, 0.1) is 36.5 Å². The summed E-state index contributed by atoms with van der Waals surface area (Å²) in [6.45, 7) is 20.2. The van der Waals surface area contributed by atoms with E-state index in [1.165, 1.54) is 65.0 Å². The number of carbonyl (C=O) groups excluding carboxylic acids is 5. The molecule has 16 nitrogen and oxygen atoms in total. The van der Waals surface area contributed by atoms with E-state index >= 15 is 0 Å². The highest BCUT2D eigenvalue weighted by molar-refractivity contribution is 6.35. The standard InChI is InChI=1S/C48H64N4O12/c1-23(2)22-51-19-17-48(18-20-51)50-36-33-34-41(57)29(8)44-35(33)45(59)47(11,64-44)62-21-16-32(61-12)26(5)43(63-31(10)54)28(7)40(56)27(6)39(55)24(3)14-13-15-25(4)46(60)49-37(42(34)58)38(36)52(48)30(9)53/h13-16,21,23-24,26-28,32,39-40,43,55-57H,17-20,22H2,1-12H3,(H,49,60)/b14-13-,21-16-,25-15+. The molecule has 64 heavy (non-hydrogen) atoms. The van der Waals surface area contributed by atoms with Crippen LogP contribution in [-0.4, -0.2) is 123 Å². The van der Waals surface area contributed by atoms with Crippen LogP contribution < -0.4 is 10.1 Å². The van der Waals surface area contributed by atoms with Gasteiger partial charge in [0.2, 0.25) is 11.7 Å². The number of allylic oxidation sites excluding steroid dienone is 4. The summed E-state index contributed by atoms with van der Waals surface area (Å²) in [6.07, 6.45) is 4.37. The van der Waals surface area contributed by atoms with Crippen LogP contribution in [-0.2, 0) is 28.6 Å². The average Bonchev–Trinajstić information content (AvgIpc) is 3.71. The first-order valence-electron chi connectivity index (χ1n) is 22.1. The van der Waals surface area contributed by atoms with E-state index < -0.39 is 94.6 Å². The van der Waals surface area contributed by atoms with E-state index in [0.29, 0.717) is 31.8 Å². The lowest BCUT2D eigenvalue weighted by atomic mass is 9.78. The van der Waals surface area contributed by atoms with E-state index in [0.717, 1.165) is 6.54 Å². The molecule has 1 aliphatic carbocycles. The maximum absolute atomic E-state index is 15.0. The predicted octanol–water partition coefficient (Wildman–Crippen LogP) is 4.87. The number of aliphatic imine (C=N–C) groups is 1. The van der Waals surface area contributed by atoms with Crippen LogP contribution in [0.3, 0.4) is 0 Å². The van der Waals surface area contributed by atoms with Crippen molar-refractivity contribution in [2.24, 2.45) is 34.6 Å². The van der Waals surface area contributed by atoms with Gasteiger partial charge in [-0.3, -0.25) is 33.9 Å². The number of ether oxygens (including phenoxy) is 4. The first-order chi connectivity index (χ1) is 30.0. The molecule has 4 N–H and O–H groups in total. The quantitative estimate of drug-likeness (QED) is 0.298. The maximum atomic E-state index is 15.0. The second kappa shape index (κ2) is 18.4. The second-order valence-electron chi connectivity index (χ2n) is 18.7. The highest BCUT2D eigenvalue weighted by Crippen LogP contribution is 2.52. The van der Waals surface area contributed by atoms with Crippen LogP contribution in [0.5, 0.6) is 11.5 Å². The Bertz CT molecular complexity index is 2250. The smallest absolute Gasteiger partial charge is 0.312 e. The van der Waals surface area contributed by atoms with Gasteiger partial charge in [-0.15, -0.1) is 0 Å². The van der Waals surface area contributed by atoms with E-state index in [1.807, 2.05) is 0 Å². The van der Waals surface area contributed by atoms with Crippen molar-refractivity contribution < 1.29 is 58.2 Å². The Labute approximate surface area is 375 Å². The number of fused-ring (bicyclic) bond motifs is 3. The molecule has 0 radical (unpaired) electrons. The number of ketones is 2. The van der Waals surface area contributed by atoms with Gasteiger partial charge in [-0.2, -0.15) is 0 Å². The number of hydrogen-bond acceptors (Lipinski definition) is 14. The molecule has 9 unspecified atom stereocenters. The summed E-state index contributed by atoms with van der Waals surface area (Å²) in [6, 6.07) is 0. The van der Waals surface area contributed by atoms with Crippen molar-refractivity contribution in [2.75, 3.05) is 26.7 Å². The minimum atomic E-state index is -2.04. The Hall–Kier alpha value is -5.16. The van der Waals surface area contributed by atoms with E-state index in [-0.39, 0.29) is 50.7 Å². The van der Waals surface area contributed by atoms with Gasteiger partial charge >= 0.3 is 11.8 Å². The SMILES string of the molecule is COC1/C=C\OC2(C)Oc3c(C)c(O)c4c(c3C2=O)C2=NC3(CCN(CC(C)C)CC3)N(C(C)=O)C2=C(NC(=O)/C(C)=C/C=C\C(C)C(O)C(C)C(O)C(C)C(OC(C)=O)C1C)C4=O. The first kappa shape index (κ1) is 48.3. The fourth-order valence-corrected chi connectivity index (χ4v) is 9.88. The fourth-order valence-electron chi connectivity index (χ4n) is 9.88. The summed E-state index contributed by atoms with van der Waals surface area (Å²) in [7, 11) is 1.45. The van der Waals surface area contributed by atoms with Crippen LogP contribution in [0.4, 0.5) is 0 Å². The minimum Gasteiger partial charge on any atom is -0.507 e. The molecule has 2 amide bonds. The number of carbonyl (C=O) groups is 5. The zero-order valence-corrected chi connectivity index (χ0v) is 39.0. The van der Waals surface area contributed by atoms with Gasteiger partial charge in [-0.25, -0.2) is 0 Å². The molecule has 5 bridgehead atoms. The third kappa shape index (κ3) is 8.57. The van der Waals surface area contributed by atoms with Gasteiger partial charge in [-0.1, -0.05) is 59.8 Å². The number of aliphatic hydroxyl groups excluding tert-OH is 2. The summed E-state index contributed by atoms with van der Waals surface area (Å²) < 4.78 is 24.0. The van der Waals surface area contributed by atoms with Crippen molar-refractivity contribution >= 4 is 35.1 Å². The molecule has 1 aromatic carbocycles. The molecule has 5 aliphatic rings. The van der Waals surface area contributed by atoms with Gasteiger partial charge in [0.1, 0.15) is 29.0 Å². The number of esters is 1. The summed E-state index contributed by atoms with van der Waals surface area (Å²) in [4.78, 5) is 79.3. The van der Waals surface area contributed by atoms with Crippen molar-refractivity contribution in [1.82, 2.24) is 15.1 Å². The molecule has 0 saturated carbocycles. The molecule has 9 atom stereocenters. The number of likely N-dealkylation sites (tertiary alicyclic amines) is 1. The molecular weight excluding hydrogens is 825 g/mol. The van der Waals surface area contributed by atoms with E-state index in [1.54, 1.807) is 39.8 Å². The zero-order chi connectivity index (χ0) is 47.3. The van der Waals surface area contributed by atoms with Crippen molar-refractivity contribution in [1.29, 1.82) is 0 Å². The van der Waals surface area contributed by atoms with E-state index in [4.69, 9.17) is 23.9 Å². The number of aliphatic hydroxyl groups is 2. The number of amides is 2. The number of rotatable bonds is 4. The van der Waals surface area contributed by atoms with Crippen LogP contribution in [0.15, 0.2) is 52.5 Å². The Morgan fingerprint density at radius 2 is 1.62 bits per heavy atom. The first-order valence-corrected chi connectivity index (χ1v) is 22.1. The highest BCUT2D eigenvalue weighted by atomic mass is 16.7. The normalized spacial score (nSPS) is 32.9. The lowest BCUT2D eigenvalue weighted by molar-refractivity contribution is -0.160. The molecule has 0 aromatic heterocycles. The van der Waals surface area contributed by atoms with Crippen LogP contribution in [0.25, 0.3) is 0 Å². The molecule has 6 rings (SSSR count). The Balaban J connectivity index is 1.55. The van der Waals surface area contributed by atoms with Gasteiger partial charge in [0.25, 0.3) is 11.7 Å². The van der Waals surface area contributed by atoms with Crippen molar-refractivity contribution in [3.05, 3.63) is 69.8 Å². The Morgan fingerprint density at radius 3 is 2.22 bits per heavy atom. The number of nitrogens with one attached hydrogen (secondary N) is 1. The molecular formula is C48H64N4O12. The number of aromatic hydroxyl groups is 1. The maximum Gasteiger partial charge on any atom is 0.312 e. The van der Waals surface area contributed by atoms with Gasteiger partial charge in [0, 0.05) is 101 Å². The summed E-state index contributed by atoms with van der Waals surface area (Å²) in [5.41, 5.74) is -1.54. The van der Waals surface area contributed by atoms with Crippen molar-refractivity contribution in [2.45, 2.75) is 125 Å². The summed E-state index contributed by atoms with van der Waals surface area (Å²) in [5, 5.41) is 37.7. The number of methoxy groups -OCH3 is 1. The molecule has 348 valence electrons. The Kier molecular flexibility index (Phi) is 13.9. The van der Waals surface area contributed by atoms with Crippen molar-refractivity contribution in [3.63, 3.8) is 0 Å². The molecule has 1 saturated heterocycles. The topological polar surface area (TPSA) is 214 Å². The monoisotopic (exact) mass is 888 g/mol. The second-order valence-corrected chi connectivity index (χ2v) is 18.7. The number of benzene rings is 1. The lowest BCUT2D eigenvalue weighted by Crippen LogP contribution is -2.54. The Morgan fingerprint density at radius 1 is 0.969 bits per heavy atom. The molecule has 1 aromatic rings. The predicted molar refractivity (Wildman–Crippen MR) is 236 cm³/mol. The number of piperidine rings is 1. The van der Waals surface area contributed by atoms with Gasteiger partial charge in [0.15, 0.2) is 0 Å². The highest BCUT2D eigenvalue weighted by Gasteiger charge is 2.57. The lowest BCUT2D eigenvalue weighted by Gasteiger charge is -2.43. The molecule has 16 heteroatoms. The van der Waals surface area contributed by atoms with E-state index in [2.05, 4.69) is 24.1 Å². The van der Waals surface area contributed by atoms with E-state index in [9.17, 15) is 39.3 Å². The van der Waals surface area contributed by atoms with Gasteiger partial charge < -0.3 is 44.5 Å². The largest absolute Gasteiger partial charge is 0.507 e. The van der Waals surface area contributed by atoms with Crippen LogP contribution in [0.1, 0.15) is 114 Å².